The molecule has 1 aromatic rings. The smallest absolute Gasteiger partial charge is 0.212 e. The number of nitrogens with one attached hydrogen (secondary N) is 1. The molecule has 0 aliphatic rings. The van der Waals surface area contributed by atoms with Gasteiger partial charge >= 0.3 is 0 Å². The van der Waals surface area contributed by atoms with Crippen molar-refractivity contribution in [1.82, 2.24) is 4.72 Å². The average Bonchev–Trinajstić information content (AvgIpc) is 2.38. The van der Waals surface area contributed by atoms with Crippen LogP contribution in [-0.4, -0.2) is 26.0 Å². The van der Waals surface area contributed by atoms with Crippen LogP contribution in [0.2, 0.25) is 0 Å². The van der Waals surface area contributed by atoms with Crippen molar-refractivity contribution < 1.29 is 8.42 Å². The third-order valence-electron chi connectivity index (χ3n) is 2.68. The first-order chi connectivity index (χ1) is 9.46. The predicted octanol–water partition coefficient (Wildman–Crippen LogP) is 2.08. The quantitative estimate of drug-likeness (QED) is 0.438. The molecule has 1 rings (SSSR count). The first-order valence-electron chi connectivity index (χ1n) is 6.38. The zero-order valence-electron chi connectivity index (χ0n) is 11.5. The third-order valence-corrected chi connectivity index (χ3v) is 5.37. The minimum Gasteiger partial charge on any atom is -0.399 e. The summed E-state index contributed by atoms with van der Waals surface area (Å²) in [6, 6.07) is 7.22. The lowest BCUT2D eigenvalue weighted by Crippen LogP contribution is -2.36. The molecule has 0 spiro atoms. The molecule has 0 aromatic heterocycles. The molecule has 0 radical (unpaired) electrons. The van der Waals surface area contributed by atoms with E-state index in [1.54, 1.807) is 6.07 Å². The Bertz CT molecular complexity index is 565. The number of nitrogens with two attached hydrogens (primary N) is 1. The summed E-state index contributed by atoms with van der Waals surface area (Å²) >= 11 is 1.47. The standard InChI is InChI=1S/C14H20N2O2S2/c1-3-6-13(4-2)16-20(17,18)10-9-19-14-8-5-7-12(15)11-14/h1,5,7-8,11,13,16H,4,6,9-10,15H2,2H3. The number of anilines is 1. The van der Waals surface area contributed by atoms with Crippen molar-refractivity contribution in [3.63, 3.8) is 0 Å². The van der Waals surface area contributed by atoms with E-state index in [1.807, 2.05) is 25.1 Å². The molecule has 0 aliphatic heterocycles. The molecule has 0 aliphatic carbocycles. The lowest BCUT2D eigenvalue weighted by atomic mass is 10.2. The number of thioether (sulfide) groups is 1. The van der Waals surface area contributed by atoms with Crippen molar-refractivity contribution in [3.8, 4) is 12.3 Å². The van der Waals surface area contributed by atoms with Gasteiger partial charge in [0.1, 0.15) is 0 Å². The van der Waals surface area contributed by atoms with Crippen LogP contribution >= 0.6 is 11.8 Å². The molecule has 0 saturated heterocycles. The van der Waals surface area contributed by atoms with Crippen LogP contribution in [0.3, 0.4) is 0 Å². The van der Waals surface area contributed by atoms with E-state index in [1.165, 1.54) is 11.8 Å². The summed E-state index contributed by atoms with van der Waals surface area (Å²) in [6.45, 7) is 1.91. The van der Waals surface area contributed by atoms with Crippen LogP contribution in [0.1, 0.15) is 19.8 Å². The fraction of sp³-hybridized carbons (Fsp3) is 0.429. The van der Waals surface area contributed by atoms with Gasteiger partial charge in [0.2, 0.25) is 10.0 Å². The van der Waals surface area contributed by atoms with Crippen molar-refractivity contribution in [3.05, 3.63) is 24.3 Å². The molecule has 0 saturated carbocycles. The topological polar surface area (TPSA) is 72.2 Å². The van der Waals surface area contributed by atoms with E-state index in [9.17, 15) is 8.42 Å². The van der Waals surface area contributed by atoms with Crippen LogP contribution in [0, 0.1) is 12.3 Å². The summed E-state index contributed by atoms with van der Waals surface area (Å²) < 4.78 is 26.5. The Morgan fingerprint density at radius 3 is 2.85 bits per heavy atom. The molecule has 20 heavy (non-hydrogen) atoms. The van der Waals surface area contributed by atoms with E-state index >= 15 is 0 Å². The first-order valence-corrected chi connectivity index (χ1v) is 9.02. The molecule has 110 valence electrons. The minimum atomic E-state index is -3.29. The van der Waals surface area contributed by atoms with Crippen LogP contribution in [0.15, 0.2) is 29.2 Å². The Hall–Kier alpha value is -1.16. The maximum absolute atomic E-state index is 11.9. The number of hydrogen-bond donors (Lipinski definition) is 2. The summed E-state index contributed by atoms with van der Waals surface area (Å²) in [7, 11) is -3.29. The van der Waals surface area contributed by atoms with Gasteiger partial charge in [0.15, 0.2) is 0 Å². The van der Waals surface area contributed by atoms with Crippen LogP contribution in [0.4, 0.5) is 5.69 Å². The van der Waals surface area contributed by atoms with Gasteiger partial charge in [-0.25, -0.2) is 13.1 Å². The van der Waals surface area contributed by atoms with Gasteiger partial charge in [-0.1, -0.05) is 13.0 Å². The van der Waals surface area contributed by atoms with E-state index in [0.29, 0.717) is 24.3 Å². The highest BCUT2D eigenvalue weighted by atomic mass is 32.2. The highest BCUT2D eigenvalue weighted by Crippen LogP contribution is 2.20. The monoisotopic (exact) mass is 312 g/mol. The van der Waals surface area contributed by atoms with Gasteiger partial charge in [-0.05, 0) is 24.6 Å². The second kappa shape index (κ2) is 8.20. The molecule has 0 bridgehead atoms. The summed E-state index contributed by atoms with van der Waals surface area (Å²) in [4.78, 5) is 0.968. The minimum absolute atomic E-state index is 0.0630. The lowest BCUT2D eigenvalue weighted by Gasteiger charge is -2.14. The van der Waals surface area contributed by atoms with Gasteiger partial charge in [-0.3, -0.25) is 0 Å². The summed E-state index contributed by atoms with van der Waals surface area (Å²) in [5, 5.41) is 0. The van der Waals surface area contributed by atoms with Gasteiger partial charge in [0, 0.05) is 28.8 Å². The normalized spacial score (nSPS) is 12.8. The van der Waals surface area contributed by atoms with Gasteiger partial charge in [0.25, 0.3) is 0 Å². The second-order valence-corrected chi connectivity index (χ2v) is 7.41. The van der Waals surface area contributed by atoms with Crippen LogP contribution in [0.5, 0.6) is 0 Å². The number of benzene rings is 1. The molecule has 6 heteroatoms. The van der Waals surface area contributed by atoms with Crippen molar-refractivity contribution >= 4 is 27.5 Å². The molecule has 0 amide bonds. The Labute approximate surface area is 125 Å². The van der Waals surface area contributed by atoms with Gasteiger partial charge in [-0.2, -0.15) is 0 Å². The molecular formula is C14H20N2O2S2. The molecular weight excluding hydrogens is 292 g/mol. The molecule has 0 fully saturated rings. The fourth-order valence-corrected chi connectivity index (χ4v) is 4.31. The highest BCUT2D eigenvalue weighted by Gasteiger charge is 2.15. The largest absolute Gasteiger partial charge is 0.399 e. The van der Waals surface area contributed by atoms with E-state index in [0.717, 1.165) is 4.90 Å². The molecule has 1 atom stereocenters. The first kappa shape index (κ1) is 16.9. The van der Waals surface area contributed by atoms with E-state index in [-0.39, 0.29) is 11.8 Å². The Balaban J connectivity index is 2.45. The maximum Gasteiger partial charge on any atom is 0.212 e. The van der Waals surface area contributed by atoms with Crippen molar-refractivity contribution in [2.45, 2.75) is 30.7 Å². The molecule has 1 unspecified atom stereocenters. The number of nitrogen functional groups attached to an aromatic ring is 1. The molecule has 1 aromatic carbocycles. The average molecular weight is 312 g/mol. The molecule has 4 nitrogen and oxygen atoms in total. The summed E-state index contributed by atoms with van der Waals surface area (Å²) in [5.74, 6) is 3.02. The number of sulfonamides is 1. The summed E-state index contributed by atoms with van der Waals surface area (Å²) in [6.07, 6.45) is 6.31. The Kier molecular flexibility index (Phi) is 6.93. The van der Waals surface area contributed by atoms with Crippen LogP contribution in [-0.2, 0) is 10.0 Å². The van der Waals surface area contributed by atoms with Gasteiger partial charge in [-0.15, -0.1) is 24.1 Å². The van der Waals surface area contributed by atoms with Crippen LogP contribution < -0.4 is 10.5 Å². The fourth-order valence-electron chi connectivity index (χ4n) is 1.60. The van der Waals surface area contributed by atoms with Gasteiger partial charge in [0.05, 0.1) is 5.75 Å². The second-order valence-electron chi connectivity index (χ2n) is 4.37. The van der Waals surface area contributed by atoms with Crippen LogP contribution in [0.25, 0.3) is 0 Å². The van der Waals surface area contributed by atoms with E-state index < -0.39 is 10.0 Å². The highest BCUT2D eigenvalue weighted by molar-refractivity contribution is 8.00. The number of terminal acetylenes is 1. The maximum atomic E-state index is 11.9. The predicted molar refractivity (Wildman–Crippen MR) is 86.0 cm³/mol. The SMILES string of the molecule is C#CCC(CC)NS(=O)(=O)CCSc1cccc(N)c1. The number of hydrogen-bond acceptors (Lipinski definition) is 4. The molecule has 0 heterocycles. The van der Waals surface area contributed by atoms with Crippen molar-refractivity contribution in [2.75, 3.05) is 17.2 Å². The Morgan fingerprint density at radius 2 is 2.25 bits per heavy atom. The lowest BCUT2D eigenvalue weighted by molar-refractivity contribution is 0.545. The zero-order valence-corrected chi connectivity index (χ0v) is 13.1. The zero-order chi connectivity index (χ0) is 15.0. The van der Waals surface area contributed by atoms with Crippen molar-refractivity contribution in [1.29, 1.82) is 0 Å². The van der Waals surface area contributed by atoms with Crippen molar-refractivity contribution in [2.24, 2.45) is 0 Å². The third kappa shape index (κ3) is 6.33. The van der Waals surface area contributed by atoms with Gasteiger partial charge < -0.3 is 5.73 Å². The number of rotatable bonds is 8. The Morgan fingerprint density at radius 1 is 1.50 bits per heavy atom. The van der Waals surface area contributed by atoms with E-state index in [4.69, 9.17) is 12.2 Å². The summed E-state index contributed by atoms with van der Waals surface area (Å²) in [5.41, 5.74) is 6.35. The molecule has 3 N–H and O–H groups in total. The van der Waals surface area contributed by atoms with E-state index in [2.05, 4.69) is 10.6 Å².